The SMILES string of the molecule is CCOCC(C=O)[C@H](CCC(=O)[C@H]([SiH2]CC(C)C)n1nc(CCN2CCC2)c(C2CC2)cc1=O)c1cc(-c2c(C)cccc2C)cc(C(F)(F)F)c1F. The van der Waals surface area contributed by atoms with Gasteiger partial charge in [0.05, 0.1) is 33.0 Å². The summed E-state index contributed by atoms with van der Waals surface area (Å²) < 4.78 is 66.6. The van der Waals surface area contributed by atoms with E-state index in [2.05, 4.69) is 18.7 Å². The summed E-state index contributed by atoms with van der Waals surface area (Å²) in [6, 6.07) is 10.0. The Hall–Kier alpha value is -3.48. The molecular weight excluding hydrogens is 703 g/mol. The fourth-order valence-corrected chi connectivity index (χ4v) is 9.59. The molecule has 0 bridgehead atoms. The van der Waals surface area contributed by atoms with Crippen LogP contribution in [0.15, 0.2) is 41.2 Å². The molecule has 288 valence electrons. The summed E-state index contributed by atoms with van der Waals surface area (Å²) >= 11 is 0. The Morgan fingerprint density at radius 1 is 1.11 bits per heavy atom. The number of likely N-dealkylation sites (tertiary alicyclic amines) is 1. The minimum Gasteiger partial charge on any atom is -0.381 e. The van der Waals surface area contributed by atoms with Gasteiger partial charge in [0.15, 0.2) is 5.78 Å². The molecule has 0 spiro atoms. The third-order valence-electron chi connectivity index (χ3n) is 10.9. The Labute approximate surface area is 312 Å². The summed E-state index contributed by atoms with van der Waals surface area (Å²) in [5, 5.41) is 4.88. The summed E-state index contributed by atoms with van der Waals surface area (Å²) in [7, 11) is -1.25. The van der Waals surface area contributed by atoms with Crippen LogP contribution < -0.4 is 5.56 Å². The molecule has 3 atom stereocenters. The molecule has 2 aromatic carbocycles. The van der Waals surface area contributed by atoms with Crippen molar-refractivity contribution in [1.29, 1.82) is 0 Å². The zero-order valence-electron chi connectivity index (χ0n) is 31.6. The molecule has 1 aliphatic carbocycles. The lowest BCUT2D eigenvalue weighted by Gasteiger charge is -2.30. The standard InChI is InChI=1S/C41H53F4N3O4Si/c1-6-52-23-30(22-49)31(33-19-29(20-34(39(33)42)41(43,44)45)38-26(4)9-7-10-27(38)5)13-14-36(50)40(53-24-25(2)3)48-37(51)21-32(28-11-12-28)35(46-48)15-18-47-16-8-17-47/h7,9-10,19-22,25,28,30-31,40H,6,8,11-18,23-24,53H2,1-5H3/t30?,31-,40-/m0/s1. The van der Waals surface area contributed by atoms with Gasteiger partial charge in [-0.05, 0) is 123 Å². The van der Waals surface area contributed by atoms with Crippen molar-refractivity contribution in [3.63, 3.8) is 0 Å². The van der Waals surface area contributed by atoms with Gasteiger partial charge < -0.3 is 14.4 Å². The van der Waals surface area contributed by atoms with Gasteiger partial charge in [0.2, 0.25) is 0 Å². The van der Waals surface area contributed by atoms with E-state index in [0.717, 1.165) is 73.4 Å². The molecule has 0 N–H and O–H groups in total. The number of hydrogen-bond acceptors (Lipinski definition) is 6. The smallest absolute Gasteiger partial charge is 0.381 e. The van der Waals surface area contributed by atoms with Crippen molar-refractivity contribution >= 4 is 21.6 Å². The van der Waals surface area contributed by atoms with Crippen LogP contribution in [0.2, 0.25) is 6.04 Å². The zero-order chi connectivity index (χ0) is 38.4. The molecule has 53 heavy (non-hydrogen) atoms. The Morgan fingerprint density at radius 2 is 1.81 bits per heavy atom. The first-order chi connectivity index (χ1) is 25.2. The number of aryl methyl sites for hydroxylation is 2. The van der Waals surface area contributed by atoms with Crippen molar-refractivity contribution < 1.29 is 31.9 Å². The number of ether oxygens (including phenoxy) is 1. The Bertz CT molecular complexity index is 1800. The summed E-state index contributed by atoms with van der Waals surface area (Å²) in [6.07, 6.45) is -0.862. The Kier molecular flexibility index (Phi) is 13.6. The van der Waals surface area contributed by atoms with E-state index < -0.39 is 44.6 Å². The van der Waals surface area contributed by atoms with E-state index in [0.29, 0.717) is 24.2 Å². The number of aromatic nitrogens is 2. The summed E-state index contributed by atoms with van der Waals surface area (Å²) in [4.78, 5) is 43.0. The van der Waals surface area contributed by atoms with Crippen molar-refractivity contribution in [2.45, 2.75) is 103 Å². The molecule has 2 aliphatic rings. The molecule has 1 unspecified atom stereocenters. The van der Waals surface area contributed by atoms with E-state index in [1.807, 2.05) is 0 Å². The van der Waals surface area contributed by atoms with E-state index >= 15 is 4.39 Å². The third kappa shape index (κ3) is 9.99. The highest BCUT2D eigenvalue weighted by Crippen LogP contribution is 2.43. The van der Waals surface area contributed by atoms with Gasteiger partial charge in [-0.1, -0.05) is 38.1 Å². The van der Waals surface area contributed by atoms with Crippen molar-refractivity contribution in [2.75, 3.05) is 32.8 Å². The molecule has 2 heterocycles. The number of hydrogen-bond donors (Lipinski definition) is 0. The summed E-state index contributed by atoms with van der Waals surface area (Å²) in [5.41, 5.74) is 1.17. The molecule has 7 nitrogen and oxygen atoms in total. The van der Waals surface area contributed by atoms with E-state index in [-0.39, 0.29) is 54.4 Å². The quantitative estimate of drug-likeness (QED) is 0.0715. The van der Waals surface area contributed by atoms with Gasteiger partial charge in [0, 0.05) is 38.0 Å². The second kappa shape index (κ2) is 17.8. The van der Waals surface area contributed by atoms with Crippen molar-refractivity contribution in [3.8, 4) is 11.1 Å². The molecule has 1 saturated carbocycles. The molecule has 1 aromatic heterocycles. The summed E-state index contributed by atoms with van der Waals surface area (Å²) in [6.45, 7) is 12.4. The number of aldehydes is 1. The second-order valence-corrected chi connectivity index (χ2v) is 17.2. The number of rotatable bonds is 19. The lowest BCUT2D eigenvalue weighted by Crippen LogP contribution is -2.40. The number of carbonyl (C=O) groups excluding carboxylic acids is 2. The fourth-order valence-electron chi connectivity index (χ4n) is 7.57. The maximum Gasteiger partial charge on any atom is 0.419 e. The topological polar surface area (TPSA) is 81.5 Å². The Balaban J connectivity index is 1.54. The molecule has 12 heteroatoms. The Morgan fingerprint density at radius 3 is 2.38 bits per heavy atom. The molecule has 5 rings (SSSR count). The molecule has 3 aromatic rings. The minimum atomic E-state index is -5.01. The van der Waals surface area contributed by atoms with Gasteiger partial charge in [-0.15, -0.1) is 0 Å². The van der Waals surface area contributed by atoms with Gasteiger partial charge >= 0.3 is 6.18 Å². The van der Waals surface area contributed by atoms with Crippen LogP contribution >= 0.6 is 0 Å². The van der Waals surface area contributed by atoms with Crippen molar-refractivity contribution in [2.24, 2.45) is 11.8 Å². The van der Waals surface area contributed by atoms with Gasteiger partial charge in [0.1, 0.15) is 12.1 Å². The number of benzene rings is 2. The van der Waals surface area contributed by atoms with Crippen LogP contribution in [0.5, 0.6) is 0 Å². The van der Waals surface area contributed by atoms with Crippen LogP contribution in [0, 0.1) is 31.5 Å². The number of halogens is 4. The van der Waals surface area contributed by atoms with Crippen LogP contribution in [0.1, 0.15) is 104 Å². The largest absolute Gasteiger partial charge is 0.419 e. The van der Waals surface area contributed by atoms with Crippen LogP contribution in [0.4, 0.5) is 17.6 Å². The van der Waals surface area contributed by atoms with E-state index in [1.165, 1.54) is 10.7 Å². The van der Waals surface area contributed by atoms with Gasteiger partial charge in [-0.3, -0.25) is 9.59 Å². The first-order valence-electron chi connectivity index (χ1n) is 19.1. The van der Waals surface area contributed by atoms with Crippen LogP contribution in [-0.2, 0) is 26.9 Å². The maximum atomic E-state index is 16.2. The monoisotopic (exact) mass is 755 g/mol. The van der Waals surface area contributed by atoms with E-state index in [4.69, 9.17) is 9.84 Å². The molecule has 0 amide bonds. The van der Waals surface area contributed by atoms with E-state index in [1.54, 1.807) is 45.0 Å². The third-order valence-corrected chi connectivity index (χ3v) is 13.7. The van der Waals surface area contributed by atoms with Crippen LogP contribution in [-0.4, -0.2) is 69.1 Å². The normalized spacial score (nSPS) is 16.9. The van der Waals surface area contributed by atoms with Crippen molar-refractivity contribution in [1.82, 2.24) is 14.7 Å². The highest BCUT2D eigenvalue weighted by molar-refractivity contribution is 6.43. The van der Waals surface area contributed by atoms with Gasteiger partial charge in [-0.2, -0.15) is 18.3 Å². The first-order valence-corrected chi connectivity index (χ1v) is 20.9. The van der Waals surface area contributed by atoms with Crippen molar-refractivity contribution in [3.05, 3.63) is 86.1 Å². The van der Waals surface area contributed by atoms with Crippen LogP contribution in [0.25, 0.3) is 11.1 Å². The lowest BCUT2D eigenvalue weighted by molar-refractivity contribution is -0.140. The molecule has 0 radical (unpaired) electrons. The minimum absolute atomic E-state index is 0.108. The number of alkyl halides is 3. The van der Waals surface area contributed by atoms with Gasteiger partial charge in [0.25, 0.3) is 5.56 Å². The number of nitrogens with zero attached hydrogens (tertiary/aromatic N) is 3. The predicted molar refractivity (Wildman–Crippen MR) is 202 cm³/mol. The average molecular weight is 756 g/mol. The molecule has 2 fully saturated rings. The number of carbonyl (C=O) groups is 2. The van der Waals surface area contributed by atoms with Crippen LogP contribution in [0.3, 0.4) is 0 Å². The molecule has 1 saturated heterocycles. The summed E-state index contributed by atoms with van der Waals surface area (Å²) in [5.74, 6) is -3.27. The maximum absolute atomic E-state index is 16.2. The highest BCUT2D eigenvalue weighted by Gasteiger charge is 2.39. The molecular formula is C41H53F4N3O4Si. The predicted octanol–water partition coefficient (Wildman–Crippen LogP) is 7.54. The average Bonchev–Trinajstić information content (AvgIpc) is 3.92. The second-order valence-electron chi connectivity index (χ2n) is 15.3. The first kappa shape index (κ1) is 40.7. The fraction of sp³-hybridized carbons (Fsp3) is 0.561. The van der Waals surface area contributed by atoms with Gasteiger partial charge in [-0.25, -0.2) is 9.07 Å². The molecule has 1 aliphatic heterocycles. The lowest BCUT2D eigenvalue weighted by atomic mass is 9.80. The van der Waals surface area contributed by atoms with E-state index in [9.17, 15) is 27.6 Å². The zero-order valence-corrected chi connectivity index (χ0v) is 33.0. The highest BCUT2D eigenvalue weighted by atomic mass is 28.2. The number of ketones is 1. The number of Topliss-reactive ketones (excluding diaryl/α,β-unsaturated/α-hetero) is 1.